The van der Waals surface area contributed by atoms with Gasteiger partial charge >= 0.3 is 12.0 Å². The molecule has 0 radical (unpaired) electrons. The van der Waals surface area contributed by atoms with Gasteiger partial charge in [0, 0.05) is 24.1 Å². The van der Waals surface area contributed by atoms with E-state index in [0.29, 0.717) is 90.0 Å². The number of hydrogen-bond donors (Lipinski definition) is 4. The van der Waals surface area contributed by atoms with E-state index in [1.165, 1.54) is 18.2 Å². The second-order valence-electron chi connectivity index (χ2n) is 16.6. The summed E-state index contributed by atoms with van der Waals surface area (Å²) < 4.78 is 31.7. The van der Waals surface area contributed by atoms with E-state index in [2.05, 4.69) is 46.6 Å². The molecule has 2 unspecified atom stereocenters. The average Bonchev–Trinajstić information content (AvgIpc) is 4.18. The third kappa shape index (κ3) is 9.12. The van der Waals surface area contributed by atoms with Crippen LogP contribution < -0.4 is 16.4 Å². The number of aliphatic hydroxyl groups is 1. The zero-order chi connectivity index (χ0) is 46.9. The van der Waals surface area contributed by atoms with E-state index in [1.54, 1.807) is 33.9 Å². The number of benzene rings is 2. The molecule has 0 bridgehead atoms. The van der Waals surface area contributed by atoms with Crippen molar-refractivity contribution in [1.29, 1.82) is 0 Å². The molecule has 1 aliphatic heterocycles. The van der Waals surface area contributed by atoms with E-state index in [0.717, 1.165) is 18.1 Å². The Morgan fingerprint density at radius 1 is 0.750 bits per heavy atom. The third-order valence-electron chi connectivity index (χ3n) is 11.9. The van der Waals surface area contributed by atoms with Crippen LogP contribution in [0.3, 0.4) is 0 Å². The normalized spacial score (nSPS) is 17.8. The van der Waals surface area contributed by atoms with Gasteiger partial charge in [-0.25, -0.2) is 47.9 Å². The number of anilines is 3. The van der Waals surface area contributed by atoms with Crippen molar-refractivity contribution in [2.24, 2.45) is 0 Å². The Kier molecular flexibility index (Phi) is 11.4. The standard InChI is InChI=1S/C47H40F2N16O3/c48-33-11-4-10-32(43(33)49)35-20-37(58-46(51)56-35)39-26-63(61-60-39)23-30-8-2-13-41(53-30)47(68)16-15-29(21-47)52-22-27-6-1-7-28(18-27)34-19-36(57-45(50)55-34)38-25-64(62-59-38)24-31-9-3-14-42(54-31)65-17-5-12-40(65)44(66)67/h1-4,6-11,13-14,18-20,25-26,29,40,68H,5,12,15-17,21,23-24H2,(H4-,50,51,55,56,57,58,66,67)/p+1/t29?,40-,47?/m1/s1. The number of hydrogen-bond acceptors (Lipinski definition) is 15. The fourth-order valence-corrected chi connectivity index (χ4v) is 8.60. The number of carboxylic acid groups (broad SMARTS) is 1. The maximum atomic E-state index is 14.6. The van der Waals surface area contributed by atoms with Crippen LogP contribution in [0.4, 0.5) is 26.5 Å². The quantitative estimate of drug-likeness (QED) is 0.123. The average molecular weight is 916 g/mol. The number of rotatable bonds is 11. The summed E-state index contributed by atoms with van der Waals surface area (Å²) in [6.45, 7) is 1.16. The summed E-state index contributed by atoms with van der Waals surface area (Å²) in [7, 11) is 0. The fourth-order valence-electron chi connectivity index (χ4n) is 8.60. The van der Waals surface area contributed by atoms with Crippen molar-refractivity contribution >= 4 is 23.7 Å². The number of nitrogens with zero attached hydrogens (tertiary/aromatic N) is 14. The van der Waals surface area contributed by atoms with Crippen molar-refractivity contribution in [2.75, 3.05) is 22.9 Å². The molecule has 1 saturated heterocycles. The Morgan fingerprint density at radius 3 is 2.13 bits per heavy atom. The Balaban J connectivity index is 0.791. The zero-order valence-electron chi connectivity index (χ0n) is 36.1. The molecule has 2 aromatic carbocycles. The zero-order valence-corrected chi connectivity index (χ0v) is 36.1. The summed E-state index contributed by atoms with van der Waals surface area (Å²) in [6, 6.07) is 27.9. The molecule has 2 fully saturated rings. The van der Waals surface area contributed by atoms with Crippen LogP contribution in [-0.2, 0) is 23.5 Å². The largest absolute Gasteiger partial charge is 0.480 e. The van der Waals surface area contributed by atoms with Gasteiger partial charge in [-0.3, -0.25) is 4.98 Å². The van der Waals surface area contributed by atoms with Gasteiger partial charge in [0.2, 0.25) is 11.9 Å². The number of carboxylic acids is 1. The van der Waals surface area contributed by atoms with Crippen LogP contribution in [0, 0.1) is 17.7 Å². The van der Waals surface area contributed by atoms with Crippen LogP contribution >= 0.6 is 0 Å². The number of aliphatic carboxylic acids is 1. The molecule has 6 N–H and O–H groups in total. The highest BCUT2D eigenvalue weighted by Crippen LogP contribution is 2.40. The van der Waals surface area contributed by atoms with Crippen molar-refractivity contribution in [3.8, 4) is 51.4 Å². The number of halogens is 2. The SMILES string of the molecule is Nc1nc(-c2cccc(C#[N+]C3CCC(O)(c4cccc(Cn5cc(-c6cc(-c7cccc(F)c7F)nc(N)n6)nn5)n4)C3)c2)cc(-c2cn(Cc3cccc(N4CCC[C@@H]4C(=O)O)n3)nn2)n1. The van der Waals surface area contributed by atoms with Gasteiger partial charge in [-0.15, -0.1) is 10.2 Å². The molecular formula is C47H41F2N16O3+. The number of nitrogen functional groups attached to an aromatic ring is 2. The third-order valence-corrected chi connectivity index (χ3v) is 11.9. The Morgan fingerprint density at radius 2 is 1.40 bits per heavy atom. The highest BCUT2D eigenvalue weighted by molar-refractivity contribution is 5.78. The first-order chi connectivity index (χ1) is 32.9. The van der Waals surface area contributed by atoms with Gasteiger partial charge in [0.15, 0.2) is 11.6 Å². The molecule has 7 heterocycles. The summed E-state index contributed by atoms with van der Waals surface area (Å²) in [5.74, 6) is -2.39. The second kappa shape index (κ2) is 18.0. The summed E-state index contributed by atoms with van der Waals surface area (Å²) in [4.78, 5) is 45.0. The monoisotopic (exact) mass is 915 g/mol. The number of pyridine rings is 2. The number of carbonyl (C=O) groups is 1. The van der Waals surface area contributed by atoms with Crippen LogP contribution in [0.15, 0.2) is 103 Å². The van der Waals surface area contributed by atoms with Crippen molar-refractivity contribution in [3.63, 3.8) is 0 Å². The highest BCUT2D eigenvalue weighted by atomic mass is 19.2. The maximum absolute atomic E-state index is 14.6. The van der Waals surface area contributed by atoms with Crippen LogP contribution in [0.2, 0.25) is 0 Å². The summed E-state index contributed by atoms with van der Waals surface area (Å²) in [5.41, 5.74) is 16.4. The van der Waals surface area contributed by atoms with Crippen LogP contribution in [0.25, 0.3) is 50.1 Å². The molecular weight excluding hydrogens is 875 g/mol. The van der Waals surface area contributed by atoms with E-state index >= 15 is 0 Å². The van der Waals surface area contributed by atoms with Crippen molar-refractivity contribution in [2.45, 2.75) is 62.9 Å². The molecule has 8 aromatic rings. The predicted octanol–water partition coefficient (Wildman–Crippen LogP) is 5.62. The van der Waals surface area contributed by atoms with E-state index in [9.17, 15) is 23.8 Å². The Hall–Kier alpha value is -8.64. The van der Waals surface area contributed by atoms with Gasteiger partial charge in [-0.1, -0.05) is 45.6 Å². The van der Waals surface area contributed by atoms with Crippen LogP contribution in [0.5, 0.6) is 0 Å². The molecule has 19 nitrogen and oxygen atoms in total. The minimum atomic E-state index is -1.22. The summed E-state index contributed by atoms with van der Waals surface area (Å²) in [6.07, 6.45) is 6.14. The maximum Gasteiger partial charge on any atom is 0.326 e. The number of aromatic nitrogens is 12. The second-order valence-corrected chi connectivity index (χ2v) is 16.6. The molecule has 0 spiro atoms. The van der Waals surface area contributed by atoms with Gasteiger partial charge in [-0.05, 0) is 79.9 Å². The minimum Gasteiger partial charge on any atom is -0.480 e. The highest BCUT2D eigenvalue weighted by Gasteiger charge is 2.45. The first-order valence-electron chi connectivity index (χ1n) is 21.7. The van der Waals surface area contributed by atoms with E-state index < -0.39 is 29.2 Å². The van der Waals surface area contributed by atoms with Gasteiger partial charge in [0.25, 0.3) is 6.04 Å². The lowest BCUT2D eigenvalue weighted by Crippen LogP contribution is -2.36. The predicted molar refractivity (Wildman–Crippen MR) is 244 cm³/mol. The lowest BCUT2D eigenvalue weighted by molar-refractivity contribution is -0.138. The fraction of sp³-hybridized carbons (Fsp3) is 0.234. The topological polar surface area (TPSA) is 256 Å². The molecule has 0 amide bonds. The van der Waals surface area contributed by atoms with E-state index in [4.69, 9.17) is 26.3 Å². The number of nitrogens with two attached hydrogens (primary N) is 2. The van der Waals surface area contributed by atoms with E-state index in [-0.39, 0.29) is 41.4 Å². The first-order valence-corrected chi connectivity index (χ1v) is 21.7. The van der Waals surface area contributed by atoms with Gasteiger partial charge in [0.1, 0.15) is 34.4 Å². The van der Waals surface area contributed by atoms with Gasteiger partial charge < -0.3 is 26.6 Å². The van der Waals surface area contributed by atoms with Crippen LogP contribution in [-0.4, -0.2) is 94.7 Å². The molecule has 3 atom stereocenters. The molecule has 10 rings (SSSR count). The lowest BCUT2D eigenvalue weighted by Gasteiger charge is -2.22. The van der Waals surface area contributed by atoms with Crippen LogP contribution in [0.1, 0.15) is 54.7 Å². The molecule has 21 heteroatoms. The molecule has 6 aromatic heterocycles. The summed E-state index contributed by atoms with van der Waals surface area (Å²) in [5, 5.41) is 38.5. The first kappa shape index (κ1) is 43.3. The molecule has 68 heavy (non-hydrogen) atoms. The Bertz CT molecular complexity index is 3280. The van der Waals surface area contributed by atoms with Crippen molar-refractivity contribution < 1.29 is 23.8 Å². The molecule has 1 aliphatic carbocycles. The molecule has 1 saturated carbocycles. The van der Waals surface area contributed by atoms with Crippen molar-refractivity contribution in [1.82, 2.24) is 59.9 Å². The van der Waals surface area contributed by atoms with Gasteiger partial charge in [0.05, 0.1) is 71.8 Å². The smallest absolute Gasteiger partial charge is 0.326 e. The Labute approximate surface area is 386 Å². The minimum absolute atomic E-state index is 0.0565. The lowest BCUT2D eigenvalue weighted by atomic mass is 9.96. The summed E-state index contributed by atoms with van der Waals surface area (Å²) >= 11 is 0. The molecule has 2 aliphatic rings. The van der Waals surface area contributed by atoms with E-state index in [1.807, 2.05) is 59.5 Å². The van der Waals surface area contributed by atoms with Gasteiger partial charge in [-0.2, -0.15) is 0 Å². The molecule has 340 valence electrons. The van der Waals surface area contributed by atoms with Crippen molar-refractivity contribution in [3.05, 3.63) is 143 Å².